The number of hydrogen-bond acceptors (Lipinski definition) is 4. The zero-order valence-electron chi connectivity index (χ0n) is 10.5. The number of rotatable bonds is 5. The van der Waals surface area contributed by atoms with E-state index in [4.69, 9.17) is 22.6 Å². The van der Waals surface area contributed by atoms with Crippen LogP contribution in [0.2, 0.25) is 5.02 Å². The van der Waals surface area contributed by atoms with Gasteiger partial charge in [-0.3, -0.25) is 0 Å². The molecule has 0 amide bonds. The van der Waals surface area contributed by atoms with Crippen molar-refractivity contribution in [2.24, 2.45) is 11.7 Å². The van der Waals surface area contributed by atoms with Crippen LogP contribution in [0.1, 0.15) is 18.4 Å². The molecule has 5 nitrogen and oxygen atoms in total. The van der Waals surface area contributed by atoms with E-state index in [2.05, 4.69) is 4.72 Å². The zero-order valence-corrected chi connectivity index (χ0v) is 12.9. The number of nitriles is 1. The molecule has 1 atom stereocenters. The fourth-order valence-corrected chi connectivity index (χ4v) is 3.70. The lowest BCUT2D eigenvalue weighted by atomic mass is 10.2. The van der Waals surface area contributed by atoms with Gasteiger partial charge in [0.1, 0.15) is 11.0 Å². The van der Waals surface area contributed by atoms with Crippen molar-refractivity contribution in [3.8, 4) is 6.07 Å². The van der Waals surface area contributed by atoms with E-state index < -0.39 is 10.0 Å². The molecule has 0 spiro atoms. The van der Waals surface area contributed by atoms with Gasteiger partial charge in [0.15, 0.2) is 0 Å². The Kier molecular flexibility index (Phi) is 5.80. The normalized spacial score (nSPS) is 16.1. The Morgan fingerprint density at radius 1 is 1.50 bits per heavy atom. The van der Waals surface area contributed by atoms with Gasteiger partial charge in [-0.25, -0.2) is 13.1 Å². The molecule has 0 aliphatic heterocycles. The van der Waals surface area contributed by atoms with E-state index in [1.54, 1.807) is 0 Å². The number of nitrogens with two attached hydrogens (primary N) is 1. The lowest BCUT2D eigenvalue weighted by Gasteiger charge is -2.17. The van der Waals surface area contributed by atoms with Crippen molar-refractivity contribution in [2.75, 3.05) is 6.54 Å². The van der Waals surface area contributed by atoms with Crippen LogP contribution in [0.3, 0.4) is 0 Å². The maximum Gasteiger partial charge on any atom is 0.242 e. The average molecular weight is 336 g/mol. The van der Waals surface area contributed by atoms with Crippen LogP contribution in [0.5, 0.6) is 0 Å². The third-order valence-corrected chi connectivity index (χ3v) is 4.98. The smallest absolute Gasteiger partial charge is 0.242 e. The molecule has 0 saturated heterocycles. The van der Waals surface area contributed by atoms with Crippen LogP contribution in [0.25, 0.3) is 0 Å². The minimum Gasteiger partial charge on any atom is -0.329 e. The second-order valence-corrected chi connectivity index (χ2v) is 6.62. The van der Waals surface area contributed by atoms with Gasteiger partial charge in [-0.15, -0.1) is 12.4 Å². The first kappa shape index (κ1) is 17.2. The van der Waals surface area contributed by atoms with Crippen molar-refractivity contribution < 1.29 is 8.42 Å². The van der Waals surface area contributed by atoms with E-state index in [-0.39, 0.29) is 40.5 Å². The van der Waals surface area contributed by atoms with Gasteiger partial charge in [0.25, 0.3) is 0 Å². The summed E-state index contributed by atoms with van der Waals surface area (Å²) in [6.45, 7) is 0.242. The average Bonchev–Trinajstić information content (AvgIpc) is 3.20. The fraction of sp³-hybridized carbons (Fsp3) is 0.417. The highest BCUT2D eigenvalue weighted by Crippen LogP contribution is 2.33. The summed E-state index contributed by atoms with van der Waals surface area (Å²) < 4.78 is 27.1. The van der Waals surface area contributed by atoms with Crippen molar-refractivity contribution in [3.63, 3.8) is 0 Å². The van der Waals surface area contributed by atoms with Crippen molar-refractivity contribution >= 4 is 34.0 Å². The Hall–Kier alpha value is -0.840. The van der Waals surface area contributed by atoms with Crippen molar-refractivity contribution in [2.45, 2.75) is 23.8 Å². The van der Waals surface area contributed by atoms with Gasteiger partial charge in [-0.2, -0.15) is 5.26 Å². The largest absolute Gasteiger partial charge is 0.329 e. The van der Waals surface area contributed by atoms with Crippen molar-refractivity contribution in [1.29, 1.82) is 5.26 Å². The monoisotopic (exact) mass is 335 g/mol. The molecule has 110 valence electrons. The number of nitrogens with one attached hydrogen (secondary N) is 1. The molecule has 8 heteroatoms. The molecule has 0 aromatic heterocycles. The summed E-state index contributed by atoms with van der Waals surface area (Å²) in [5.74, 6) is 0.296. The first-order valence-electron chi connectivity index (χ1n) is 5.90. The number of sulfonamides is 1. The Balaban J connectivity index is 0.00000200. The third-order valence-electron chi connectivity index (χ3n) is 3.13. The maximum atomic E-state index is 12.3. The molecule has 0 bridgehead atoms. The van der Waals surface area contributed by atoms with Crippen molar-refractivity contribution in [3.05, 3.63) is 28.8 Å². The van der Waals surface area contributed by atoms with Crippen LogP contribution < -0.4 is 10.5 Å². The summed E-state index contributed by atoms with van der Waals surface area (Å²) in [7, 11) is -3.78. The summed E-state index contributed by atoms with van der Waals surface area (Å²) >= 11 is 5.84. The van der Waals surface area contributed by atoms with E-state index in [1.165, 1.54) is 18.2 Å². The van der Waals surface area contributed by atoms with Gasteiger partial charge in [-0.05, 0) is 30.9 Å². The summed E-state index contributed by atoms with van der Waals surface area (Å²) in [5, 5.41) is 9.15. The minimum absolute atomic E-state index is 0. The Bertz CT molecular complexity index is 624. The molecule has 1 aromatic carbocycles. The second kappa shape index (κ2) is 6.74. The highest BCUT2D eigenvalue weighted by molar-refractivity contribution is 7.89. The van der Waals surface area contributed by atoms with Crippen molar-refractivity contribution in [1.82, 2.24) is 4.72 Å². The van der Waals surface area contributed by atoms with Gasteiger partial charge < -0.3 is 5.73 Å². The molecule has 1 unspecified atom stereocenters. The van der Waals surface area contributed by atoms with Crippen LogP contribution in [0.15, 0.2) is 23.1 Å². The van der Waals surface area contributed by atoms with Crippen LogP contribution in [-0.2, 0) is 10.0 Å². The van der Waals surface area contributed by atoms with E-state index in [1.807, 2.05) is 6.07 Å². The Morgan fingerprint density at radius 2 is 2.15 bits per heavy atom. The maximum absolute atomic E-state index is 12.3. The molecule has 1 aromatic rings. The first-order valence-corrected chi connectivity index (χ1v) is 7.76. The molecule has 0 heterocycles. The predicted octanol–water partition coefficient (Wildman–Crippen LogP) is 1.65. The van der Waals surface area contributed by atoms with Crippen LogP contribution >= 0.6 is 24.0 Å². The molecule has 1 saturated carbocycles. The van der Waals surface area contributed by atoms with Gasteiger partial charge >= 0.3 is 0 Å². The first-order chi connectivity index (χ1) is 8.99. The van der Waals surface area contributed by atoms with Gasteiger partial charge in [0.05, 0.1) is 10.6 Å². The summed E-state index contributed by atoms with van der Waals surface area (Å²) in [5.41, 5.74) is 5.54. The predicted molar refractivity (Wildman–Crippen MR) is 79.3 cm³/mol. The molecule has 1 aliphatic rings. The second-order valence-electron chi connectivity index (χ2n) is 4.53. The van der Waals surface area contributed by atoms with E-state index in [0.717, 1.165) is 12.8 Å². The number of halogens is 2. The zero-order chi connectivity index (χ0) is 14.0. The lowest BCUT2D eigenvalue weighted by molar-refractivity contribution is 0.519. The molecule has 1 fully saturated rings. The third kappa shape index (κ3) is 3.62. The quantitative estimate of drug-likeness (QED) is 0.854. The SMILES string of the molecule is Cl.N#Cc1c(Cl)cccc1S(=O)(=O)NC(CN)C1CC1. The van der Waals surface area contributed by atoms with E-state index in [0.29, 0.717) is 5.92 Å². The molecule has 3 N–H and O–H groups in total. The number of benzene rings is 1. The van der Waals surface area contributed by atoms with Gasteiger partial charge in [-0.1, -0.05) is 17.7 Å². The van der Waals surface area contributed by atoms with Crippen LogP contribution in [0, 0.1) is 17.2 Å². The molecule has 2 rings (SSSR count). The standard InChI is InChI=1S/C12H14ClN3O2S.ClH/c13-10-2-1-3-12(9(10)6-14)19(17,18)16-11(7-15)8-4-5-8;/h1-3,8,11,16H,4-5,7,15H2;1H. The highest BCUT2D eigenvalue weighted by Gasteiger charge is 2.34. The highest BCUT2D eigenvalue weighted by atomic mass is 35.5. The molecular formula is C12H15Cl2N3O2S. The summed E-state index contributed by atoms with van der Waals surface area (Å²) in [6, 6.07) is 5.90. The number of nitrogens with zero attached hydrogens (tertiary/aromatic N) is 1. The topological polar surface area (TPSA) is 96.0 Å². The molecule has 0 radical (unpaired) electrons. The minimum atomic E-state index is -3.78. The molecular weight excluding hydrogens is 321 g/mol. The molecule has 1 aliphatic carbocycles. The lowest BCUT2D eigenvalue weighted by Crippen LogP contribution is -2.41. The fourth-order valence-electron chi connectivity index (χ4n) is 1.93. The van der Waals surface area contributed by atoms with Crippen LogP contribution in [-0.4, -0.2) is 21.0 Å². The summed E-state index contributed by atoms with van der Waals surface area (Å²) in [4.78, 5) is -0.0957. The van der Waals surface area contributed by atoms with Gasteiger partial charge in [0, 0.05) is 12.6 Å². The van der Waals surface area contributed by atoms with E-state index >= 15 is 0 Å². The number of hydrogen-bond donors (Lipinski definition) is 2. The Labute approximate surface area is 129 Å². The Morgan fingerprint density at radius 3 is 2.65 bits per heavy atom. The molecule has 20 heavy (non-hydrogen) atoms. The van der Waals surface area contributed by atoms with Gasteiger partial charge in [0.2, 0.25) is 10.0 Å². The summed E-state index contributed by atoms with van der Waals surface area (Å²) in [6.07, 6.45) is 1.95. The van der Waals surface area contributed by atoms with E-state index in [9.17, 15) is 8.42 Å². The van der Waals surface area contributed by atoms with Crippen LogP contribution in [0.4, 0.5) is 0 Å².